The molecule has 21 heavy (non-hydrogen) atoms. The molecule has 1 unspecified atom stereocenters. The summed E-state index contributed by atoms with van der Waals surface area (Å²) in [6.45, 7) is 10.1. The summed E-state index contributed by atoms with van der Waals surface area (Å²) in [5, 5.41) is 7.67. The van der Waals surface area contributed by atoms with Gasteiger partial charge in [-0.05, 0) is 11.8 Å². The minimum atomic E-state index is 0.0892. The fourth-order valence-corrected chi connectivity index (χ4v) is 2.71. The standard InChI is InChI=1S/C15H28N4OS/c1-7-11-8-17-13(21-11)10-19-14(16-5)18-9-12(20-6)15(2,3)4/h8,12H,7,9-10H2,1-6H3,(H2,16,18,19). The number of hydrogen-bond acceptors (Lipinski definition) is 4. The van der Waals surface area contributed by atoms with E-state index in [0.717, 1.165) is 23.9 Å². The quantitative estimate of drug-likeness (QED) is 0.626. The van der Waals surface area contributed by atoms with Crippen molar-refractivity contribution in [2.45, 2.75) is 46.8 Å². The number of thiazole rings is 1. The summed E-state index contributed by atoms with van der Waals surface area (Å²) in [5.74, 6) is 0.773. The van der Waals surface area contributed by atoms with Crippen LogP contribution in [0.5, 0.6) is 0 Å². The predicted molar refractivity (Wildman–Crippen MR) is 89.9 cm³/mol. The van der Waals surface area contributed by atoms with Crippen LogP contribution in [0.2, 0.25) is 0 Å². The van der Waals surface area contributed by atoms with Crippen molar-refractivity contribution in [1.82, 2.24) is 15.6 Å². The van der Waals surface area contributed by atoms with Crippen molar-refractivity contribution in [2.24, 2.45) is 10.4 Å². The number of aromatic nitrogens is 1. The molecular formula is C15H28N4OS. The molecular weight excluding hydrogens is 284 g/mol. The van der Waals surface area contributed by atoms with Gasteiger partial charge >= 0.3 is 0 Å². The molecule has 6 heteroatoms. The third-order valence-corrected chi connectivity index (χ3v) is 4.43. The van der Waals surface area contributed by atoms with Gasteiger partial charge in [-0.25, -0.2) is 4.98 Å². The first-order valence-corrected chi connectivity index (χ1v) is 8.13. The SMILES string of the molecule is CCc1cnc(CNC(=NC)NCC(OC)C(C)(C)C)s1. The van der Waals surface area contributed by atoms with E-state index >= 15 is 0 Å². The minimum Gasteiger partial charge on any atom is -0.379 e. The van der Waals surface area contributed by atoms with Crippen LogP contribution >= 0.6 is 11.3 Å². The maximum Gasteiger partial charge on any atom is 0.191 e. The Bertz CT molecular complexity index is 451. The van der Waals surface area contributed by atoms with Gasteiger partial charge in [-0.2, -0.15) is 0 Å². The van der Waals surface area contributed by atoms with Crippen LogP contribution in [-0.4, -0.2) is 37.7 Å². The highest BCUT2D eigenvalue weighted by molar-refractivity contribution is 7.11. The van der Waals surface area contributed by atoms with E-state index in [0.29, 0.717) is 6.54 Å². The van der Waals surface area contributed by atoms with Crippen LogP contribution in [0.3, 0.4) is 0 Å². The molecule has 1 heterocycles. The van der Waals surface area contributed by atoms with Crippen molar-refractivity contribution >= 4 is 17.3 Å². The maximum atomic E-state index is 5.53. The van der Waals surface area contributed by atoms with Crippen LogP contribution in [-0.2, 0) is 17.7 Å². The number of guanidine groups is 1. The second kappa shape index (κ2) is 8.34. The zero-order valence-electron chi connectivity index (χ0n) is 14.0. The van der Waals surface area contributed by atoms with Gasteiger partial charge in [-0.1, -0.05) is 27.7 Å². The van der Waals surface area contributed by atoms with E-state index in [1.807, 2.05) is 6.20 Å². The van der Waals surface area contributed by atoms with Gasteiger partial charge in [0.25, 0.3) is 0 Å². The Morgan fingerprint density at radius 1 is 1.43 bits per heavy atom. The summed E-state index contributed by atoms with van der Waals surface area (Å²) in [7, 11) is 3.52. The lowest BCUT2D eigenvalue weighted by molar-refractivity contribution is 0.0205. The summed E-state index contributed by atoms with van der Waals surface area (Å²) in [4.78, 5) is 9.93. The number of nitrogens with zero attached hydrogens (tertiary/aromatic N) is 2. The third-order valence-electron chi connectivity index (χ3n) is 3.29. The van der Waals surface area contributed by atoms with Crippen LogP contribution in [0.4, 0.5) is 0 Å². The molecule has 0 radical (unpaired) electrons. The Morgan fingerprint density at radius 2 is 2.14 bits per heavy atom. The van der Waals surface area contributed by atoms with Crippen LogP contribution in [0, 0.1) is 5.41 Å². The molecule has 0 saturated heterocycles. The van der Waals surface area contributed by atoms with Crippen LogP contribution < -0.4 is 10.6 Å². The molecule has 0 amide bonds. The number of rotatable bonds is 6. The van der Waals surface area contributed by atoms with Crippen molar-refractivity contribution in [3.8, 4) is 0 Å². The van der Waals surface area contributed by atoms with Crippen LogP contribution in [0.25, 0.3) is 0 Å². The van der Waals surface area contributed by atoms with Crippen molar-refractivity contribution < 1.29 is 4.74 Å². The molecule has 1 aromatic heterocycles. The van der Waals surface area contributed by atoms with E-state index in [2.05, 4.69) is 48.3 Å². The Hall–Kier alpha value is -1.14. The first-order valence-electron chi connectivity index (χ1n) is 7.31. The number of aliphatic imine (C=N–C) groups is 1. The lowest BCUT2D eigenvalue weighted by Crippen LogP contribution is -2.45. The number of aryl methyl sites for hydroxylation is 1. The molecule has 1 aromatic rings. The first-order chi connectivity index (χ1) is 9.90. The van der Waals surface area contributed by atoms with Crippen LogP contribution in [0.15, 0.2) is 11.2 Å². The molecule has 0 spiro atoms. The van der Waals surface area contributed by atoms with E-state index in [1.54, 1.807) is 25.5 Å². The van der Waals surface area contributed by atoms with Gasteiger partial charge in [0.2, 0.25) is 0 Å². The molecule has 120 valence electrons. The molecule has 1 atom stereocenters. The Kier molecular flexibility index (Phi) is 7.11. The maximum absolute atomic E-state index is 5.53. The Labute approximate surface area is 132 Å². The average Bonchev–Trinajstić information content (AvgIpc) is 2.89. The van der Waals surface area contributed by atoms with E-state index in [-0.39, 0.29) is 11.5 Å². The summed E-state index contributed by atoms with van der Waals surface area (Å²) in [5.41, 5.74) is 0.0892. The molecule has 0 aromatic carbocycles. The smallest absolute Gasteiger partial charge is 0.191 e. The van der Waals surface area contributed by atoms with E-state index in [4.69, 9.17) is 4.74 Å². The van der Waals surface area contributed by atoms with Gasteiger partial charge in [-0.3, -0.25) is 4.99 Å². The van der Waals surface area contributed by atoms with Gasteiger partial charge in [0.05, 0.1) is 12.6 Å². The van der Waals surface area contributed by atoms with Gasteiger partial charge in [-0.15, -0.1) is 11.3 Å². The molecule has 1 rings (SSSR count). The summed E-state index contributed by atoms with van der Waals surface area (Å²) in [6, 6.07) is 0. The normalized spacial score (nSPS) is 14.1. The van der Waals surface area contributed by atoms with Crippen molar-refractivity contribution in [2.75, 3.05) is 20.7 Å². The van der Waals surface area contributed by atoms with Crippen LogP contribution in [0.1, 0.15) is 37.6 Å². The molecule has 0 saturated carbocycles. The second-order valence-electron chi connectivity index (χ2n) is 5.97. The number of ether oxygens (including phenoxy) is 1. The number of hydrogen-bond donors (Lipinski definition) is 2. The largest absolute Gasteiger partial charge is 0.379 e. The molecule has 0 aliphatic carbocycles. The van der Waals surface area contributed by atoms with Gasteiger partial charge < -0.3 is 15.4 Å². The zero-order chi connectivity index (χ0) is 15.9. The number of nitrogens with one attached hydrogen (secondary N) is 2. The lowest BCUT2D eigenvalue weighted by atomic mass is 9.89. The first kappa shape index (κ1) is 17.9. The molecule has 5 nitrogen and oxygen atoms in total. The van der Waals surface area contributed by atoms with Gasteiger partial charge in [0.1, 0.15) is 5.01 Å². The molecule has 2 N–H and O–H groups in total. The second-order valence-corrected chi connectivity index (χ2v) is 7.17. The monoisotopic (exact) mass is 312 g/mol. The highest BCUT2D eigenvalue weighted by atomic mass is 32.1. The van der Waals surface area contributed by atoms with Gasteiger partial charge in [0, 0.05) is 31.8 Å². The van der Waals surface area contributed by atoms with E-state index in [1.165, 1.54) is 4.88 Å². The summed E-state index contributed by atoms with van der Waals surface area (Å²) in [6.07, 6.45) is 3.10. The zero-order valence-corrected chi connectivity index (χ0v) is 14.8. The molecule has 0 aliphatic rings. The topological polar surface area (TPSA) is 58.5 Å². The highest BCUT2D eigenvalue weighted by Gasteiger charge is 2.24. The number of methoxy groups -OCH3 is 1. The van der Waals surface area contributed by atoms with Crippen molar-refractivity contribution in [1.29, 1.82) is 0 Å². The minimum absolute atomic E-state index is 0.0892. The molecule has 0 aliphatic heterocycles. The highest BCUT2D eigenvalue weighted by Crippen LogP contribution is 2.20. The van der Waals surface area contributed by atoms with Gasteiger partial charge in [0.15, 0.2) is 5.96 Å². The summed E-state index contributed by atoms with van der Waals surface area (Å²) >= 11 is 1.74. The Balaban J connectivity index is 2.45. The summed E-state index contributed by atoms with van der Waals surface area (Å²) < 4.78 is 5.53. The van der Waals surface area contributed by atoms with Crippen molar-refractivity contribution in [3.05, 3.63) is 16.1 Å². The van der Waals surface area contributed by atoms with E-state index in [9.17, 15) is 0 Å². The molecule has 0 fully saturated rings. The van der Waals surface area contributed by atoms with Crippen molar-refractivity contribution in [3.63, 3.8) is 0 Å². The predicted octanol–water partition coefficient (Wildman–Crippen LogP) is 2.43. The fourth-order valence-electron chi connectivity index (χ4n) is 1.91. The Morgan fingerprint density at radius 3 is 2.62 bits per heavy atom. The fraction of sp³-hybridized carbons (Fsp3) is 0.733. The lowest BCUT2D eigenvalue weighted by Gasteiger charge is -2.30. The third kappa shape index (κ3) is 6.01. The molecule has 0 bridgehead atoms. The average molecular weight is 312 g/mol. The van der Waals surface area contributed by atoms with E-state index < -0.39 is 0 Å².